The van der Waals surface area contributed by atoms with E-state index in [0.717, 1.165) is 16.8 Å². The third-order valence-corrected chi connectivity index (χ3v) is 3.54. The number of carboxylic acid groups (broad SMARTS) is 1. The van der Waals surface area contributed by atoms with Gasteiger partial charge < -0.3 is 5.11 Å². The van der Waals surface area contributed by atoms with E-state index in [1.165, 1.54) is 0 Å². The number of fused-ring (bicyclic) bond motifs is 1. The molecule has 0 unspecified atom stereocenters. The maximum atomic E-state index is 11.2. The number of aromatic nitrogens is 2. The van der Waals surface area contributed by atoms with Crippen molar-refractivity contribution in [2.24, 2.45) is 0 Å². The molecule has 1 aromatic heterocycles. The van der Waals surface area contributed by atoms with Gasteiger partial charge in [-0.25, -0.2) is 9.78 Å². The van der Waals surface area contributed by atoms with E-state index in [2.05, 4.69) is 4.98 Å². The Balaban J connectivity index is 2.34. The average Bonchev–Trinajstić information content (AvgIpc) is 2.82. The molecule has 0 fully saturated rings. The Hall–Kier alpha value is -2.33. The molecular formula is C15H11ClN2O2. The van der Waals surface area contributed by atoms with Crippen molar-refractivity contribution in [2.75, 3.05) is 0 Å². The molecule has 0 saturated carbocycles. The number of para-hydroxylation sites is 2. The molecule has 1 heterocycles. The normalized spacial score (nSPS) is 10.9. The second-order valence-corrected chi connectivity index (χ2v) is 4.91. The van der Waals surface area contributed by atoms with Gasteiger partial charge in [0.2, 0.25) is 0 Å². The van der Waals surface area contributed by atoms with Crippen LogP contribution in [0.5, 0.6) is 0 Å². The maximum Gasteiger partial charge on any atom is 0.337 e. The standard InChI is InChI=1S/C15H11ClN2O2/c1-9-4-2-6-11(16)14(9)18-8-17-13-10(15(19)20)5-3-7-12(13)18/h2-8H,1H3,(H,19,20). The Morgan fingerprint density at radius 1 is 1.25 bits per heavy atom. The summed E-state index contributed by atoms with van der Waals surface area (Å²) in [5.41, 5.74) is 3.18. The minimum absolute atomic E-state index is 0.186. The van der Waals surface area contributed by atoms with Crippen molar-refractivity contribution in [2.45, 2.75) is 6.92 Å². The van der Waals surface area contributed by atoms with Gasteiger partial charge in [0.25, 0.3) is 0 Å². The highest BCUT2D eigenvalue weighted by molar-refractivity contribution is 6.32. The highest BCUT2D eigenvalue weighted by atomic mass is 35.5. The van der Waals surface area contributed by atoms with Crippen molar-refractivity contribution < 1.29 is 9.90 Å². The molecule has 0 aliphatic rings. The summed E-state index contributed by atoms with van der Waals surface area (Å²) in [4.78, 5) is 15.4. The molecule has 0 amide bonds. The Morgan fingerprint density at radius 3 is 2.70 bits per heavy atom. The molecule has 4 nitrogen and oxygen atoms in total. The van der Waals surface area contributed by atoms with Crippen LogP contribution in [0, 0.1) is 6.92 Å². The highest BCUT2D eigenvalue weighted by Gasteiger charge is 2.15. The first-order chi connectivity index (χ1) is 9.59. The van der Waals surface area contributed by atoms with Crippen molar-refractivity contribution >= 4 is 28.6 Å². The summed E-state index contributed by atoms with van der Waals surface area (Å²) < 4.78 is 1.82. The first-order valence-corrected chi connectivity index (χ1v) is 6.42. The van der Waals surface area contributed by atoms with Gasteiger partial charge in [-0.15, -0.1) is 0 Å². The van der Waals surface area contributed by atoms with Gasteiger partial charge in [-0.1, -0.05) is 29.8 Å². The Kier molecular flexibility index (Phi) is 2.95. The first kappa shape index (κ1) is 12.7. The third-order valence-electron chi connectivity index (χ3n) is 3.24. The lowest BCUT2D eigenvalue weighted by molar-refractivity contribution is 0.0699. The molecule has 0 saturated heterocycles. The van der Waals surface area contributed by atoms with E-state index in [1.54, 1.807) is 24.5 Å². The van der Waals surface area contributed by atoms with Crippen LogP contribution in [0.25, 0.3) is 16.7 Å². The van der Waals surface area contributed by atoms with Gasteiger partial charge in [-0.3, -0.25) is 4.57 Å². The van der Waals surface area contributed by atoms with E-state index in [0.29, 0.717) is 10.5 Å². The van der Waals surface area contributed by atoms with Crippen LogP contribution in [0.3, 0.4) is 0 Å². The summed E-state index contributed by atoms with van der Waals surface area (Å²) in [5.74, 6) is -0.989. The predicted molar refractivity (Wildman–Crippen MR) is 77.8 cm³/mol. The summed E-state index contributed by atoms with van der Waals surface area (Å²) in [6.07, 6.45) is 1.60. The number of benzene rings is 2. The van der Waals surface area contributed by atoms with Crippen molar-refractivity contribution in [3.05, 3.63) is 58.9 Å². The summed E-state index contributed by atoms with van der Waals surface area (Å²) >= 11 is 6.26. The summed E-state index contributed by atoms with van der Waals surface area (Å²) in [5, 5.41) is 9.80. The topological polar surface area (TPSA) is 55.1 Å². The molecule has 0 bridgehead atoms. The van der Waals surface area contributed by atoms with Crippen molar-refractivity contribution in [3.8, 4) is 5.69 Å². The molecule has 0 spiro atoms. The lowest BCUT2D eigenvalue weighted by Gasteiger charge is -2.10. The molecule has 3 aromatic rings. The van der Waals surface area contributed by atoms with Gasteiger partial charge >= 0.3 is 5.97 Å². The van der Waals surface area contributed by atoms with E-state index in [9.17, 15) is 9.90 Å². The molecule has 0 aliphatic carbocycles. The SMILES string of the molecule is Cc1cccc(Cl)c1-n1cnc2c(C(=O)O)cccc21. The van der Waals surface area contributed by atoms with Crippen LogP contribution in [0.2, 0.25) is 5.02 Å². The smallest absolute Gasteiger partial charge is 0.337 e. The molecule has 3 rings (SSSR count). The monoisotopic (exact) mass is 286 g/mol. The zero-order valence-electron chi connectivity index (χ0n) is 10.7. The summed E-state index contributed by atoms with van der Waals surface area (Å²) in [6, 6.07) is 10.7. The van der Waals surface area contributed by atoms with Crippen LogP contribution in [0.1, 0.15) is 15.9 Å². The minimum atomic E-state index is -0.989. The third kappa shape index (κ3) is 1.85. The van der Waals surface area contributed by atoms with Crippen molar-refractivity contribution in [3.63, 3.8) is 0 Å². The second-order valence-electron chi connectivity index (χ2n) is 4.50. The van der Waals surface area contributed by atoms with Crippen molar-refractivity contribution in [1.82, 2.24) is 9.55 Å². The number of aromatic carboxylic acids is 1. The van der Waals surface area contributed by atoms with Gasteiger partial charge in [-0.05, 0) is 30.7 Å². The number of halogens is 1. The number of hydrogen-bond donors (Lipinski definition) is 1. The Bertz CT molecular complexity index is 804. The van der Waals surface area contributed by atoms with Crippen LogP contribution >= 0.6 is 11.6 Å². The fourth-order valence-corrected chi connectivity index (χ4v) is 2.63. The Labute approximate surface area is 120 Å². The number of aryl methyl sites for hydroxylation is 1. The van der Waals surface area contributed by atoms with E-state index in [4.69, 9.17) is 11.6 Å². The molecular weight excluding hydrogens is 276 g/mol. The zero-order chi connectivity index (χ0) is 14.3. The molecule has 5 heteroatoms. The van der Waals surface area contributed by atoms with Gasteiger partial charge in [0.1, 0.15) is 11.8 Å². The number of carbonyl (C=O) groups is 1. The molecule has 0 radical (unpaired) electrons. The lowest BCUT2D eigenvalue weighted by Crippen LogP contribution is -1.99. The summed E-state index contributed by atoms with van der Waals surface area (Å²) in [7, 11) is 0. The van der Waals surface area contributed by atoms with Crippen LogP contribution in [0.15, 0.2) is 42.7 Å². The van der Waals surface area contributed by atoms with Gasteiger partial charge in [0.15, 0.2) is 0 Å². The molecule has 2 aromatic carbocycles. The van der Waals surface area contributed by atoms with Gasteiger partial charge in [0.05, 0.1) is 21.8 Å². The fourth-order valence-electron chi connectivity index (χ4n) is 2.32. The van der Waals surface area contributed by atoms with Gasteiger partial charge in [0, 0.05) is 0 Å². The second kappa shape index (κ2) is 4.65. The molecule has 1 N–H and O–H groups in total. The number of nitrogens with zero attached hydrogens (tertiary/aromatic N) is 2. The Morgan fingerprint density at radius 2 is 2.00 bits per heavy atom. The number of hydrogen-bond acceptors (Lipinski definition) is 2. The summed E-state index contributed by atoms with van der Waals surface area (Å²) in [6.45, 7) is 1.95. The molecule has 0 atom stereocenters. The van der Waals surface area contributed by atoms with Crippen LogP contribution in [0.4, 0.5) is 0 Å². The van der Waals surface area contributed by atoms with Crippen LogP contribution in [-0.4, -0.2) is 20.6 Å². The molecule has 0 aliphatic heterocycles. The zero-order valence-corrected chi connectivity index (χ0v) is 11.4. The lowest BCUT2D eigenvalue weighted by atomic mass is 10.1. The fraction of sp³-hybridized carbons (Fsp3) is 0.0667. The maximum absolute atomic E-state index is 11.2. The van der Waals surface area contributed by atoms with E-state index in [1.807, 2.05) is 29.7 Å². The average molecular weight is 287 g/mol. The number of carboxylic acids is 1. The van der Waals surface area contributed by atoms with E-state index in [-0.39, 0.29) is 5.56 Å². The molecule has 100 valence electrons. The predicted octanol–water partition coefficient (Wildman–Crippen LogP) is 3.69. The van der Waals surface area contributed by atoms with Gasteiger partial charge in [-0.2, -0.15) is 0 Å². The van der Waals surface area contributed by atoms with Crippen LogP contribution < -0.4 is 0 Å². The highest BCUT2D eigenvalue weighted by Crippen LogP contribution is 2.28. The molecule has 20 heavy (non-hydrogen) atoms. The van der Waals surface area contributed by atoms with Crippen LogP contribution in [-0.2, 0) is 0 Å². The minimum Gasteiger partial charge on any atom is -0.478 e. The quantitative estimate of drug-likeness (QED) is 0.782. The first-order valence-electron chi connectivity index (χ1n) is 6.04. The van der Waals surface area contributed by atoms with E-state index >= 15 is 0 Å². The van der Waals surface area contributed by atoms with E-state index < -0.39 is 5.97 Å². The van der Waals surface area contributed by atoms with Crippen molar-refractivity contribution in [1.29, 1.82) is 0 Å². The number of rotatable bonds is 2. The number of imidazole rings is 1. The largest absolute Gasteiger partial charge is 0.478 e.